The van der Waals surface area contributed by atoms with Gasteiger partial charge in [-0.15, -0.1) is 0 Å². The van der Waals surface area contributed by atoms with Gasteiger partial charge in [0.1, 0.15) is 5.52 Å². The first-order valence-electron chi connectivity index (χ1n) is 9.95. The van der Waals surface area contributed by atoms with Crippen LogP contribution < -0.4 is 0 Å². The first kappa shape index (κ1) is 21.1. The summed E-state index contributed by atoms with van der Waals surface area (Å²) < 4.78 is 15.7. The molecule has 32 heavy (non-hydrogen) atoms. The number of aromatic nitrogens is 1. The zero-order chi connectivity index (χ0) is 22.7. The molecule has 4 aromatic rings. The number of nitrogens with zero attached hydrogens (tertiary/aromatic N) is 1. The molecule has 0 atom stereocenters. The van der Waals surface area contributed by atoms with Crippen molar-refractivity contribution in [1.29, 1.82) is 0 Å². The van der Waals surface area contributed by atoms with Crippen LogP contribution in [-0.4, -0.2) is 31.1 Å². The summed E-state index contributed by atoms with van der Waals surface area (Å²) in [4.78, 5) is 28.4. The zero-order valence-corrected chi connectivity index (χ0v) is 17.9. The Balaban J connectivity index is 1.92. The maximum Gasteiger partial charge on any atom is 0.337 e. The molecule has 0 radical (unpaired) electrons. The van der Waals surface area contributed by atoms with Gasteiger partial charge in [-0.25, -0.2) is 14.6 Å². The van der Waals surface area contributed by atoms with E-state index in [1.807, 2.05) is 55.5 Å². The SMILES string of the molecule is COC(=O)/C=C/c1cc(C(=O)OC)ccc1-c1cc(C)cc2nc(-c3ccccc3)oc12. The Bertz CT molecular complexity index is 1340. The van der Waals surface area contributed by atoms with E-state index in [1.165, 1.54) is 20.3 Å². The van der Waals surface area contributed by atoms with Crippen molar-refractivity contribution in [2.45, 2.75) is 6.92 Å². The lowest BCUT2D eigenvalue weighted by atomic mass is 9.95. The van der Waals surface area contributed by atoms with Crippen molar-refractivity contribution in [3.63, 3.8) is 0 Å². The van der Waals surface area contributed by atoms with Gasteiger partial charge in [-0.1, -0.05) is 24.3 Å². The van der Waals surface area contributed by atoms with Crippen LogP contribution in [-0.2, 0) is 14.3 Å². The summed E-state index contributed by atoms with van der Waals surface area (Å²) in [5.74, 6) is -0.449. The van der Waals surface area contributed by atoms with E-state index in [0.29, 0.717) is 22.6 Å². The number of oxazole rings is 1. The second kappa shape index (κ2) is 8.89. The molecule has 0 amide bonds. The quantitative estimate of drug-likeness (QED) is 0.312. The number of carbonyl (C=O) groups is 2. The Labute approximate surface area is 185 Å². The van der Waals surface area contributed by atoms with Crippen LogP contribution >= 0.6 is 0 Å². The van der Waals surface area contributed by atoms with Crippen molar-refractivity contribution in [1.82, 2.24) is 4.98 Å². The summed E-state index contributed by atoms with van der Waals surface area (Å²) in [5, 5.41) is 0. The fourth-order valence-corrected chi connectivity index (χ4v) is 3.49. The molecule has 0 saturated carbocycles. The van der Waals surface area contributed by atoms with E-state index >= 15 is 0 Å². The number of aryl methyl sites for hydroxylation is 1. The smallest absolute Gasteiger partial charge is 0.337 e. The molecule has 6 nitrogen and oxygen atoms in total. The summed E-state index contributed by atoms with van der Waals surface area (Å²) in [6, 6.07) is 18.8. The number of methoxy groups -OCH3 is 2. The summed E-state index contributed by atoms with van der Waals surface area (Å²) >= 11 is 0. The third-order valence-corrected chi connectivity index (χ3v) is 5.02. The van der Waals surface area contributed by atoms with Gasteiger partial charge in [0.25, 0.3) is 0 Å². The minimum absolute atomic E-state index is 0.368. The third kappa shape index (κ3) is 4.16. The van der Waals surface area contributed by atoms with E-state index in [1.54, 1.807) is 18.2 Å². The van der Waals surface area contributed by atoms with Gasteiger partial charge in [0, 0.05) is 17.2 Å². The largest absolute Gasteiger partial charge is 0.466 e. The zero-order valence-electron chi connectivity index (χ0n) is 17.9. The van der Waals surface area contributed by atoms with E-state index < -0.39 is 11.9 Å². The Morgan fingerprint density at radius 1 is 0.938 bits per heavy atom. The molecule has 3 aromatic carbocycles. The molecular weight excluding hydrogens is 406 g/mol. The molecule has 160 valence electrons. The van der Waals surface area contributed by atoms with Crippen LogP contribution in [0, 0.1) is 6.92 Å². The lowest BCUT2D eigenvalue weighted by Crippen LogP contribution is -2.02. The van der Waals surface area contributed by atoms with Gasteiger partial charge in [0.05, 0.1) is 19.8 Å². The maximum atomic E-state index is 12.1. The molecule has 0 saturated heterocycles. The van der Waals surface area contributed by atoms with Gasteiger partial charge in [-0.05, 0) is 66.1 Å². The summed E-state index contributed by atoms with van der Waals surface area (Å²) in [5.41, 5.74) is 5.80. The molecule has 0 fully saturated rings. The summed E-state index contributed by atoms with van der Waals surface area (Å²) in [7, 11) is 2.63. The van der Waals surface area contributed by atoms with Gasteiger partial charge in [-0.2, -0.15) is 0 Å². The van der Waals surface area contributed by atoms with E-state index in [9.17, 15) is 9.59 Å². The maximum absolute atomic E-state index is 12.1. The van der Waals surface area contributed by atoms with Gasteiger partial charge in [-0.3, -0.25) is 0 Å². The van der Waals surface area contributed by atoms with Crippen LogP contribution in [0.3, 0.4) is 0 Å². The monoisotopic (exact) mass is 427 g/mol. The number of benzene rings is 3. The van der Waals surface area contributed by atoms with E-state index in [-0.39, 0.29) is 0 Å². The Hall–Kier alpha value is -4.19. The highest BCUT2D eigenvalue weighted by atomic mass is 16.5. The number of carbonyl (C=O) groups excluding carboxylic acids is 2. The Morgan fingerprint density at radius 3 is 2.44 bits per heavy atom. The lowest BCUT2D eigenvalue weighted by molar-refractivity contribution is -0.134. The average molecular weight is 427 g/mol. The molecule has 0 aliphatic carbocycles. The standard InChI is InChI=1S/C26H21NO5/c1-16-13-21(24-22(14-16)27-25(32-24)17-7-5-4-6-8-17)20-11-9-19(26(29)31-3)15-18(20)10-12-23(28)30-2/h4-15H,1-3H3/b12-10+. The molecule has 1 aromatic heterocycles. The van der Waals surface area contributed by atoms with E-state index in [2.05, 4.69) is 4.98 Å². The highest BCUT2D eigenvalue weighted by Crippen LogP contribution is 2.36. The van der Waals surface area contributed by atoms with Gasteiger partial charge >= 0.3 is 11.9 Å². The predicted molar refractivity (Wildman–Crippen MR) is 122 cm³/mol. The third-order valence-electron chi connectivity index (χ3n) is 5.02. The van der Waals surface area contributed by atoms with Gasteiger partial charge < -0.3 is 13.9 Å². The van der Waals surface area contributed by atoms with Crippen LogP contribution in [0.15, 0.2) is 71.2 Å². The number of hydrogen-bond donors (Lipinski definition) is 0. The Kier molecular flexibility index (Phi) is 5.85. The number of ether oxygens (including phenoxy) is 2. The molecular formula is C26H21NO5. The number of esters is 2. The molecule has 4 rings (SSSR count). The normalized spacial score (nSPS) is 11.1. The van der Waals surface area contributed by atoms with Gasteiger partial charge in [0.2, 0.25) is 5.89 Å². The van der Waals surface area contributed by atoms with Crippen LogP contribution in [0.1, 0.15) is 21.5 Å². The molecule has 6 heteroatoms. The topological polar surface area (TPSA) is 78.6 Å². The van der Waals surface area contributed by atoms with Crippen molar-refractivity contribution in [2.75, 3.05) is 14.2 Å². The highest BCUT2D eigenvalue weighted by molar-refractivity contribution is 5.98. The Morgan fingerprint density at radius 2 is 1.72 bits per heavy atom. The average Bonchev–Trinajstić information content (AvgIpc) is 3.25. The fraction of sp³-hybridized carbons (Fsp3) is 0.115. The van der Waals surface area contributed by atoms with Crippen LogP contribution in [0.2, 0.25) is 0 Å². The van der Waals surface area contributed by atoms with Gasteiger partial charge in [0.15, 0.2) is 5.58 Å². The predicted octanol–water partition coefficient (Wildman–Crippen LogP) is 5.44. The molecule has 0 spiro atoms. The summed E-state index contributed by atoms with van der Waals surface area (Å²) in [6.45, 7) is 1.98. The first-order chi connectivity index (χ1) is 15.5. The molecule has 0 unspecified atom stereocenters. The van der Waals surface area contributed by atoms with Crippen LogP contribution in [0.4, 0.5) is 0 Å². The van der Waals surface area contributed by atoms with Crippen molar-refractivity contribution in [3.8, 4) is 22.6 Å². The van der Waals surface area contributed by atoms with Crippen molar-refractivity contribution >= 4 is 29.1 Å². The molecule has 1 heterocycles. The first-order valence-corrected chi connectivity index (χ1v) is 9.95. The summed E-state index contributed by atoms with van der Waals surface area (Å²) in [6.07, 6.45) is 2.92. The molecule has 0 bridgehead atoms. The van der Waals surface area contributed by atoms with Crippen molar-refractivity contribution in [3.05, 3.63) is 83.4 Å². The van der Waals surface area contributed by atoms with Crippen LogP contribution in [0.25, 0.3) is 39.8 Å². The second-order valence-corrected chi connectivity index (χ2v) is 7.20. The minimum Gasteiger partial charge on any atom is -0.466 e. The number of fused-ring (bicyclic) bond motifs is 1. The number of rotatable bonds is 5. The molecule has 0 aliphatic rings. The second-order valence-electron chi connectivity index (χ2n) is 7.20. The number of hydrogen-bond acceptors (Lipinski definition) is 6. The fourth-order valence-electron chi connectivity index (χ4n) is 3.49. The highest BCUT2D eigenvalue weighted by Gasteiger charge is 2.17. The minimum atomic E-state index is -0.500. The lowest BCUT2D eigenvalue weighted by Gasteiger charge is -2.10. The van der Waals surface area contributed by atoms with Crippen LogP contribution in [0.5, 0.6) is 0 Å². The van der Waals surface area contributed by atoms with E-state index in [0.717, 1.165) is 27.8 Å². The molecule has 0 aliphatic heterocycles. The van der Waals surface area contributed by atoms with Crippen molar-refractivity contribution in [2.24, 2.45) is 0 Å². The van der Waals surface area contributed by atoms with E-state index in [4.69, 9.17) is 13.9 Å². The molecule has 0 N–H and O–H groups in total. The van der Waals surface area contributed by atoms with Crippen molar-refractivity contribution < 1.29 is 23.5 Å².